The summed E-state index contributed by atoms with van der Waals surface area (Å²) in [5, 5.41) is 11.9. The highest BCUT2D eigenvalue weighted by atomic mass is 32.1. The minimum absolute atomic E-state index is 0.838. The van der Waals surface area contributed by atoms with E-state index in [9.17, 15) is 0 Å². The predicted octanol–water partition coefficient (Wildman–Crippen LogP) is 15.2. The van der Waals surface area contributed by atoms with Gasteiger partial charge in [-0.05, 0) is 91.3 Å². The Morgan fingerprint density at radius 3 is 1.58 bits per heavy atom. The third-order valence-corrected chi connectivity index (χ3v) is 12.2. The standard InChI is InChI=1S/C50H28O2S/c1-2-12-29(13-3-1)46-33-14-4-6-16-35(33)47(36-17-7-5-15-34(36)46)31-22-24-32-40-26-30(23-25-44(40)53-45(32)27-31)39-28-43-49(38-19-9-10-20-41(38)51-43)50-48(39)37-18-8-11-21-42(37)52-50/h1-28H. The second-order valence-electron chi connectivity index (χ2n) is 13.9. The lowest BCUT2D eigenvalue weighted by molar-refractivity contribution is 0.663. The molecule has 0 saturated heterocycles. The van der Waals surface area contributed by atoms with Crippen molar-refractivity contribution in [3.63, 3.8) is 0 Å². The zero-order valence-electron chi connectivity index (χ0n) is 28.4. The van der Waals surface area contributed by atoms with Crippen molar-refractivity contribution in [1.82, 2.24) is 0 Å². The second-order valence-corrected chi connectivity index (χ2v) is 15.0. The Labute approximate surface area is 307 Å². The summed E-state index contributed by atoms with van der Waals surface area (Å²) < 4.78 is 15.6. The fourth-order valence-electron chi connectivity index (χ4n) is 8.78. The van der Waals surface area contributed by atoms with Gasteiger partial charge in [0.2, 0.25) is 0 Å². The van der Waals surface area contributed by atoms with Gasteiger partial charge in [-0.15, -0.1) is 11.3 Å². The number of hydrogen-bond acceptors (Lipinski definition) is 3. The molecule has 53 heavy (non-hydrogen) atoms. The third kappa shape index (κ3) is 4.14. The fraction of sp³-hybridized carbons (Fsp3) is 0. The largest absolute Gasteiger partial charge is 0.456 e. The number of furan rings is 2. The maximum Gasteiger partial charge on any atom is 0.147 e. The molecule has 3 aromatic heterocycles. The number of hydrogen-bond donors (Lipinski definition) is 0. The van der Waals surface area contributed by atoms with Gasteiger partial charge in [0.25, 0.3) is 0 Å². The quantitative estimate of drug-likeness (QED) is 0.172. The molecule has 0 aliphatic rings. The molecule has 0 bridgehead atoms. The van der Waals surface area contributed by atoms with Gasteiger partial charge in [0.05, 0.1) is 5.39 Å². The van der Waals surface area contributed by atoms with Crippen LogP contribution < -0.4 is 0 Å². The van der Waals surface area contributed by atoms with E-state index in [2.05, 4.69) is 152 Å². The van der Waals surface area contributed by atoms with Crippen molar-refractivity contribution < 1.29 is 8.83 Å². The third-order valence-electron chi connectivity index (χ3n) is 11.1. The number of rotatable bonds is 3. The molecule has 0 unspecified atom stereocenters. The van der Waals surface area contributed by atoms with E-state index < -0.39 is 0 Å². The van der Waals surface area contributed by atoms with Crippen LogP contribution in [0.1, 0.15) is 0 Å². The normalized spacial score (nSPS) is 12.2. The number of thiophene rings is 1. The average Bonchev–Trinajstić information content (AvgIpc) is 3.90. The van der Waals surface area contributed by atoms with Crippen molar-refractivity contribution in [3.05, 3.63) is 170 Å². The Bertz CT molecular complexity index is 3390. The summed E-state index contributed by atoms with van der Waals surface area (Å²) in [4.78, 5) is 0. The van der Waals surface area contributed by atoms with Crippen LogP contribution in [-0.2, 0) is 0 Å². The molecule has 0 spiro atoms. The topological polar surface area (TPSA) is 26.3 Å². The van der Waals surface area contributed by atoms with E-state index in [1.807, 2.05) is 29.5 Å². The van der Waals surface area contributed by atoms with E-state index in [4.69, 9.17) is 8.83 Å². The molecule has 9 aromatic carbocycles. The van der Waals surface area contributed by atoms with E-state index in [0.717, 1.165) is 55.0 Å². The zero-order valence-corrected chi connectivity index (χ0v) is 29.2. The molecule has 0 radical (unpaired) electrons. The molecule has 2 nitrogen and oxygen atoms in total. The highest BCUT2D eigenvalue weighted by Gasteiger charge is 2.22. The lowest BCUT2D eigenvalue weighted by Crippen LogP contribution is -1.90. The van der Waals surface area contributed by atoms with Crippen LogP contribution in [0.15, 0.2) is 179 Å². The highest BCUT2D eigenvalue weighted by Crippen LogP contribution is 2.48. The number of benzene rings is 9. The van der Waals surface area contributed by atoms with Crippen molar-refractivity contribution in [2.45, 2.75) is 0 Å². The van der Waals surface area contributed by atoms with Crippen LogP contribution >= 0.6 is 11.3 Å². The zero-order chi connectivity index (χ0) is 34.6. The van der Waals surface area contributed by atoms with Crippen LogP contribution in [0.4, 0.5) is 0 Å². The smallest absolute Gasteiger partial charge is 0.147 e. The van der Waals surface area contributed by atoms with Gasteiger partial charge in [-0.2, -0.15) is 0 Å². The molecule has 246 valence electrons. The van der Waals surface area contributed by atoms with Gasteiger partial charge in [0.15, 0.2) is 0 Å². The fourth-order valence-corrected chi connectivity index (χ4v) is 9.90. The Kier molecular flexibility index (Phi) is 5.96. The van der Waals surface area contributed by atoms with Crippen LogP contribution in [-0.4, -0.2) is 0 Å². The first kappa shape index (κ1) is 29.0. The Morgan fingerprint density at radius 1 is 0.321 bits per heavy atom. The maximum atomic E-state index is 6.63. The van der Waals surface area contributed by atoms with Crippen LogP contribution in [0, 0.1) is 0 Å². The lowest BCUT2D eigenvalue weighted by atomic mass is 9.86. The second kappa shape index (κ2) is 10.9. The first-order chi connectivity index (χ1) is 26.3. The molecule has 0 saturated carbocycles. The number of para-hydroxylation sites is 2. The molecule has 0 fully saturated rings. The molecular formula is C50H28O2S. The SMILES string of the molecule is c1ccc(-c2c3ccccc3c(-c3ccc4c(c3)sc3ccc(-c5cc6oc7ccccc7c6c6oc7ccccc7c56)cc34)c3ccccc23)cc1. The molecule has 12 aromatic rings. The number of fused-ring (bicyclic) bond motifs is 12. The van der Waals surface area contributed by atoms with Crippen molar-refractivity contribution in [3.8, 4) is 33.4 Å². The summed E-state index contributed by atoms with van der Waals surface area (Å²) in [5.41, 5.74) is 10.8. The Balaban J connectivity index is 1.08. The molecule has 3 heteroatoms. The summed E-state index contributed by atoms with van der Waals surface area (Å²) in [6, 6.07) is 61.3. The molecule has 0 N–H and O–H groups in total. The van der Waals surface area contributed by atoms with Gasteiger partial charge in [-0.3, -0.25) is 0 Å². The summed E-state index contributed by atoms with van der Waals surface area (Å²) in [5.74, 6) is 0. The summed E-state index contributed by atoms with van der Waals surface area (Å²) in [6.45, 7) is 0. The van der Waals surface area contributed by atoms with Crippen LogP contribution in [0.3, 0.4) is 0 Å². The van der Waals surface area contributed by atoms with Crippen LogP contribution in [0.2, 0.25) is 0 Å². The van der Waals surface area contributed by atoms with Crippen molar-refractivity contribution in [2.24, 2.45) is 0 Å². The molecule has 12 rings (SSSR count). The van der Waals surface area contributed by atoms with E-state index in [0.29, 0.717) is 0 Å². The van der Waals surface area contributed by atoms with Gasteiger partial charge in [-0.25, -0.2) is 0 Å². The monoisotopic (exact) mass is 692 g/mol. The lowest BCUT2D eigenvalue weighted by Gasteiger charge is -2.17. The predicted molar refractivity (Wildman–Crippen MR) is 225 cm³/mol. The van der Waals surface area contributed by atoms with Crippen molar-refractivity contribution in [1.29, 1.82) is 0 Å². The summed E-state index contributed by atoms with van der Waals surface area (Å²) in [7, 11) is 0. The molecule has 0 aliphatic carbocycles. The first-order valence-electron chi connectivity index (χ1n) is 18.0. The van der Waals surface area contributed by atoms with Crippen molar-refractivity contribution in [2.75, 3.05) is 0 Å². The summed E-state index contributed by atoms with van der Waals surface area (Å²) >= 11 is 1.86. The van der Waals surface area contributed by atoms with Crippen molar-refractivity contribution >= 4 is 96.9 Å². The minimum Gasteiger partial charge on any atom is -0.456 e. The van der Waals surface area contributed by atoms with Crippen LogP contribution in [0.5, 0.6) is 0 Å². The molecule has 0 aliphatic heterocycles. The Hall–Kier alpha value is -6.68. The van der Waals surface area contributed by atoms with E-state index in [-0.39, 0.29) is 0 Å². The molecule has 0 amide bonds. The molecule has 0 atom stereocenters. The van der Waals surface area contributed by atoms with Gasteiger partial charge in [-0.1, -0.05) is 133 Å². The van der Waals surface area contributed by atoms with E-state index in [1.165, 1.54) is 64.0 Å². The average molecular weight is 693 g/mol. The molecular weight excluding hydrogens is 665 g/mol. The highest BCUT2D eigenvalue weighted by molar-refractivity contribution is 7.25. The first-order valence-corrected chi connectivity index (χ1v) is 18.8. The van der Waals surface area contributed by atoms with Crippen LogP contribution in [0.25, 0.3) is 119 Å². The summed E-state index contributed by atoms with van der Waals surface area (Å²) in [6.07, 6.45) is 0. The van der Waals surface area contributed by atoms with Gasteiger partial charge < -0.3 is 8.83 Å². The maximum absolute atomic E-state index is 6.63. The van der Waals surface area contributed by atoms with E-state index >= 15 is 0 Å². The van der Waals surface area contributed by atoms with Gasteiger partial charge in [0.1, 0.15) is 22.3 Å². The van der Waals surface area contributed by atoms with Gasteiger partial charge >= 0.3 is 0 Å². The Morgan fingerprint density at radius 2 is 0.887 bits per heavy atom. The minimum atomic E-state index is 0.838. The molecule has 3 heterocycles. The van der Waals surface area contributed by atoms with Gasteiger partial charge in [0, 0.05) is 36.3 Å². The van der Waals surface area contributed by atoms with E-state index in [1.54, 1.807) is 0 Å².